The van der Waals surface area contributed by atoms with E-state index in [1.54, 1.807) is 0 Å². The van der Waals surface area contributed by atoms with Gasteiger partial charge in [-0.2, -0.15) is 0 Å². The summed E-state index contributed by atoms with van der Waals surface area (Å²) in [6.45, 7) is 0. The molecular formula is C16H14N2O4. The van der Waals surface area contributed by atoms with E-state index in [-0.39, 0.29) is 17.3 Å². The van der Waals surface area contributed by atoms with E-state index in [1.807, 2.05) is 18.2 Å². The van der Waals surface area contributed by atoms with Crippen molar-refractivity contribution in [1.82, 2.24) is 0 Å². The molecule has 112 valence electrons. The Morgan fingerprint density at radius 1 is 0.955 bits per heavy atom. The third kappa shape index (κ3) is 2.55. The number of hydrogen-bond donors (Lipinski definition) is 0. The number of rotatable bonds is 3. The quantitative estimate of drug-likeness (QED) is 0.637. The van der Waals surface area contributed by atoms with Gasteiger partial charge in [0.1, 0.15) is 0 Å². The first-order chi connectivity index (χ1) is 10.6. The van der Waals surface area contributed by atoms with Crippen molar-refractivity contribution in [3.05, 3.63) is 79.4 Å². The van der Waals surface area contributed by atoms with Crippen LogP contribution >= 0.6 is 0 Å². The van der Waals surface area contributed by atoms with E-state index in [9.17, 15) is 20.2 Å². The largest absolute Gasteiger partial charge is 0.279 e. The molecule has 0 aliphatic heterocycles. The summed E-state index contributed by atoms with van der Waals surface area (Å²) >= 11 is 0. The molecule has 2 aromatic carbocycles. The molecule has 0 saturated carbocycles. The maximum Gasteiger partial charge on any atom is 0.279 e. The number of non-ortho nitro benzene ring substituents is 1. The highest BCUT2D eigenvalue weighted by Crippen LogP contribution is 2.38. The summed E-state index contributed by atoms with van der Waals surface area (Å²) in [6, 6.07) is 12.0. The smallest absolute Gasteiger partial charge is 0.258 e. The normalized spacial score (nSPS) is 16.8. The average Bonchev–Trinajstić information content (AvgIpc) is 2.53. The van der Waals surface area contributed by atoms with E-state index in [2.05, 4.69) is 6.07 Å². The molecule has 0 radical (unpaired) electrons. The van der Waals surface area contributed by atoms with Gasteiger partial charge in [0.05, 0.1) is 15.9 Å². The third-order valence-electron chi connectivity index (χ3n) is 4.21. The Bertz CT molecular complexity index is 758. The summed E-state index contributed by atoms with van der Waals surface area (Å²) in [7, 11) is 0. The van der Waals surface area contributed by atoms with Gasteiger partial charge in [0.25, 0.3) is 11.4 Å². The van der Waals surface area contributed by atoms with Crippen LogP contribution < -0.4 is 0 Å². The molecule has 1 aliphatic rings. The number of nitrogens with zero attached hydrogens (tertiary/aromatic N) is 2. The van der Waals surface area contributed by atoms with Crippen molar-refractivity contribution in [2.75, 3.05) is 0 Å². The molecule has 1 aliphatic carbocycles. The first kappa shape index (κ1) is 14.2. The Kier molecular flexibility index (Phi) is 3.58. The number of hydrogen-bond acceptors (Lipinski definition) is 4. The second-order valence-electron chi connectivity index (χ2n) is 5.47. The first-order valence-electron chi connectivity index (χ1n) is 7.06. The SMILES string of the molecule is O=[N+]([O-])c1ccc(C2CCc3ccccc3C2)c([N+](=O)[O-])c1. The average molecular weight is 298 g/mol. The van der Waals surface area contributed by atoms with E-state index in [4.69, 9.17) is 0 Å². The van der Waals surface area contributed by atoms with E-state index < -0.39 is 9.85 Å². The molecule has 22 heavy (non-hydrogen) atoms. The molecule has 0 fully saturated rings. The third-order valence-corrected chi connectivity index (χ3v) is 4.21. The maximum absolute atomic E-state index is 11.3. The van der Waals surface area contributed by atoms with Gasteiger partial charge < -0.3 is 0 Å². The monoisotopic (exact) mass is 298 g/mol. The van der Waals surface area contributed by atoms with Gasteiger partial charge in [0.2, 0.25) is 0 Å². The Hall–Kier alpha value is -2.76. The van der Waals surface area contributed by atoms with Crippen LogP contribution in [0, 0.1) is 20.2 Å². The van der Waals surface area contributed by atoms with E-state index in [0.717, 1.165) is 25.3 Å². The van der Waals surface area contributed by atoms with E-state index in [1.165, 1.54) is 23.3 Å². The molecule has 0 heterocycles. The lowest BCUT2D eigenvalue weighted by atomic mass is 9.79. The fourth-order valence-electron chi connectivity index (χ4n) is 3.11. The van der Waals surface area contributed by atoms with Crippen LogP contribution in [0.4, 0.5) is 11.4 Å². The highest BCUT2D eigenvalue weighted by atomic mass is 16.6. The highest BCUT2D eigenvalue weighted by molar-refractivity contribution is 5.51. The fourth-order valence-corrected chi connectivity index (χ4v) is 3.11. The van der Waals surface area contributed by atoms with Crippen molar-refractivity contribution in [3.8, 4) is 0 Å². The Morgan fingerprint density at radius 2 is 1.68 bits per heavy atom. The predicted octanol–water partition coefficient (Wildman–Crippen LogP) is 3.78. The van der Waals surface area contributed by atoms with Gasteiger partial charge in [-0.25, -0.2) is 0 Å². The molecule has 0 bridgehead atoms. The lowest BCUT2D eigenvalue weighted by Gasteiger charge is -2.24. The Morgan fingerprint density at radius 3 is 2.36 bits per heavy atom. The van der Waals surface area contributed by atoms with Crippen molar-refractivity contribution in [3.63, 3.8) is 0 Å². The van der Waals surface area contributed by atoms with Gasteiger partial charge in [0, 0.05) is 11.6 Å². The summed E-state index contributed by atoms with van der Waals surface area (Å²) < 4.78 is 0. The van der Waals surface area contributed by atoms with Crippen molar-refractivity contribution in [2.45, 2.75) is 25.2 Å². The minimum absolute atomic E-state index is 0.0242. The summed E-state index contributed by atoms with van der Waals surface area (Å²) in [6.07, 6.45) is 2.42. The van der Waals surface area contributed by atoms with E-state index in [0.29, 0.717) is 5.56 Å². The predicted molar refractivity (Wildman–Crippen MR) is 81.0 cm³/mol. The van der Waals surface area contributed by atoms with Gasteiger partial charge in [-0.3, -0.25) is 20.2 Å². The van der Waals surface area contributed by atoms with Crippen LogP contribution in [0.5, 0.6) is 0 Å². The van der Waals surface area contributed by atoms with Crippen LogP contribution in [0.1, 0.15) is 29.0 Å². The van der Waals surface area contributed by atoms with Gasteiger partial charge in [-0.15, -0.1) is 0 Å². The lowest BCUT2D eigenvalue weighted by molar-refractivity contribution is -0.394. The zero-order valence-corrected chi connectivity index (χ0v) is 11.8. The second kappa shape index (κ2) is 5.55. The van der Waals surface area contributed by atoms with E-state index >= 15 is 0 Å². The zero-order valence-electron chi connectivity index (χ0n) is 11.8. The summed E-state index contributed by atoms with van der Waals surface area (Å²) in [5.41, 5.74) is 2.67. The minimum atomic E-state index is -0.604. The number of benzene rings is 2. The molecule has 0 saturated heterocycles. The summed E-state index contributed by atoms with van der Waals surface area (Å²) in [4.78, 5) is 20.9. The van der Waals surface area contributed by atoms with Gasteiger partial charge in [-0.05, 0) is 42.4 Å². The van der Waals surface area contributed by atoms with Crippen LogP contribution in [-0.2, 0) is 12.8 Å². The summed E-state index contributed by atoms with van der Waals surface area (Å²) in [5.74, 6) is 0.0242. The summed E-state index contributed by atoms with van der Waals surface area (Å²) in [5, 5.41) is 22.1. The van der Waals surface area contributed by atoms with Gasteiger partial charge >= 0.3 is 0 Å². The fraction of sp³-hybridized carbons (Fsp3) is 0.250. The maximum atomic E-state index is 11.3. The lowest BCUT2D eigenvalue weighted by Crippen LogP contribution is -2.14. The second-order valence-corrected chi connectivity index (χ2v) is 5.47. The standard InChI is InChI=1S/C16H14N2O4/c19-17(20)14-7-8-15(16(10-14)18(21)22)13-6-5-11-3-1-2-4-12(11)9-13/h1-4,7-8,10,13H,5-6,9H2. The number of fused-ring (bicyclic) bond motifs is 1. The molecule has 1 atom stereocenters. The topological polar surface area (TPSA) is 86.3 Å². The molecule has 6 heteroatoms. The molecule has 2 aromatic rings. The number of aryl methyl sites for hydroxylation is 1. The molecular weight excluding hydrogens is 284 g/mol. The van der Waals surface area contributed by atoms with Crippen LogP contribution in [0.3, 0.4) is 0 Å². The van der Waals surface area contributed by atoms with Crippen molar-refractivity contribution < 1.29 is 9.85 Å². The molecule has 1 unspecified atom stereocenters. The van der Waals surface area contributed by atoms with Crippen LogP contribution in [-0.4, -0.2) is 9.85 Å². The molecule has 3 rings (SSSR count). The highest BCUT2D eigenvalue weighted by Gasteiger charge is 2.28. The molecule has 0 N–H and O–H groups in total. The van der Waals surface area contributed by atoms with Crippen LogP contribution in [0.25, 0.3) is 0 Å². The minimum Gasteiger partial charge on any atom is -0.258 e. The number of nitro groups is 2. The van der Waals surface area contributed by atoms with Crippen molar-refractivity contribution in [2.24, 2.45) is 0 Å². The molecule has 0 aromatic heterocycles. The Balaban J connectivity index is 1.99. The van der Waals surface area contributed by atoms with Crippen molar-refractivity contribution in [1.29, 1.82) is 0 Å². The van der Waals surface area contributed by atoms with Crippen molar-refractivity contribution >= 4 is 11.4 Å². The number of nitro benzene ring substituents is 2. The zero-order chi connectivity index (χ0) is 15.7. The molecule has 6 nitrogen and oxygen atoms in total. The van der Waals surface area contributed by atoms with Crippen LogP contribution in [0.2, 0.25) is 0 Å². The Labute approximate surface area is 126 Å². The van der Waals surface area contributed by atoms with Gasteiger partial charge in [-0.1, -0.05) is 24.3 Å². The molecule has 0 amide bonds. The first-order valence-corrected chi connectivity index (χ1v) is 7.06. The van der Waals surface area contributed by atoms with Crippen LogP contribution in [0.15, 0.2) is 42.5 Å². The van der Waals surface area contributed by atoms with Gasteiger partial charge in [0.15, 0.2) is 0 Å². The molecule has 0 spiro atoms.